The fourth-order valence-electron chi connectivity index (χ4n) is 3.94. The highest BCUT2D eigenvalue weighted by Crippen LogP contribution is 2.40. The number of aromatic nitrogens is 2. The predicted molar refractivity (Wildman–Crippen MR) is 113 cm³/mol. The summed E-state index contributed by atoms with van der Waals surface area (Å²) in [4.78, 5) is 15.5. The lowest BCUT2D eigenvalue weighted by atomic mass is 9.94. The molecule has 8 heteroatoms. The van der Waals surface area contributed by atoms with Crippen molar-refractivity contribution in [1.82, 2.24) is 14.7 Å². The van der Waals surface area contributed by atoms with Crippen molar-refractivity contribution in [3.8, 4) is 0 Å². The first-order chi connectivity index (χ1) is 13.5. The number of hydrogen-bond acceptors (Lipinski definition) is 3. The first-order valence-corrected chi connectivity index (χ1v) is 10.6. The second-order valence-electron chi connectivity index (χ2n) is 7.23. The third-order valence-electron chi connectivity index (χ3n) is 5.36. The molecule has 1 atom stereocenters. The van der Waals surface area contributed by atoms with Crippen molar-refractivity contribution in [1.29, 1.82) is 0 Å². The maximum Gasteiger partial charge on any atom is 0.254 e. The van der Waals surface area contributed by atoms with Crippen LogP contribution in [-0.4, -0.2) is 33.7 Å². The highest BCUT2D eigenvalue weighted by atomic mass is 35.5. The Morgan fingerprint density at radius 2 is 1.79 bits per heavy atom. The van der Waals surface area contributed by atoms with E-state index in [0.717, 1.165) is 50.0 Å². The minimum absolute atomic E-state index is 0.0280. The minimum Gasteiger partial charge on any atom is -0.342 e. The molecule has 3 heterocycles. The molecule has 2 aliphatic heterocycles. The van der Waals surface area contributed by atoms with Crippen LogP contribution in [-0.2, 0) is 4.79 Å². The number of benzene rings is 1. The van der Waals surface area contributed by atoms with Crippen LogP contribution in [0.25, 0.3) is 0 Å². The van der Waals surface area contributed by atoms with Crippen molar-refractivity contribution < 1.29 is 4.79 Å². The summed E-state index contributed by atoms with van der Waals surface area (Å²) in [6, 6.07) is 5.00. The maximum absolute atomic E-state index is 13.6. The number of anilines is 1. The van der Waals surface area contributed by atoms with Crippen LogP contribution >= 0.6 is 34.8 Å². The largest absolute Gasteiger partial charge is 0.342 e. The normalized spacial score (nSPS) is 19.9. The number of hydrogen-bond donors (Lipinski definition) is 1. The summed E-state index contributed by atoms with van der Waals surface area (Å²) in [6.07, 6.45) is 5.97. The summed E-state index contributed by atoms with van der Waals surface area (Å²) in [6.45, 7) is 3.45. The van der Waals surface area contributed by atoms with Crippen molar-refractivity contribution in [2.45, 2.75) is 38.6 Å². The van der Waals surface area contributed by atoms with Gasteiger partial charge in [-0.15, -0.1) is 0 Å². The van der Waals surface area contributed by atoms with E-state index in [1.54, 1.807) is 23.0 Å². The zero-order chi connectivity index (χ0) is 19.8. The van der Waals surface area contributed by atoms with Crippen LogP contribution in [0.4, 0.5) is 5.82 Å². The fourth-order valence-corrected chi connectivity index (χ4v) is 4.42. The Morgan fingerprint density at radius 3 is 2.46 bits per heavy atom. The molecule has 148 valence electrons. The van der Waals surface area contributed by atoms with Crippen molar-refractivity contribution in [3.05, 3.63) is 56.3 Å². The Bertz CT molecular complexity index is 945. The number of allylic oxidation sites excluding steroid dienone is 1. The molecule has 1 saturated heterocycles. The van der Waals surface area contributed by atoms with E-state index in [-0.39, 0.29) is 5.91 Å². The van der Waals surface area contributed by atoms with Crippen molar-refractivity contribution in [2.24, 2.45) is 0 Å². The van der Waals surface area contributed by atoms with Gasteiger partial charge in [-0.2, -0.15) is 5.10 Å². The second-order valence-corrected chi connectivity index (χ2v) is 8.45. The molecule has 1 amide bonds. The lowest BCUT2D eigenvalue weighted by molar-refractivity contribution is -0.127. The smallest absolute Gasteiger partial charge is 0.254 e. The first-order valence-electron chi connectivity index (χ1n) is 9.42. The summed E-state index contributed by atoms with van der Waals surface area (Å²) in [7, 11) is 0. The van der Waals surface area contributed by atoms with Crippen molar-refractivity contribution >= 4 is 46.5 Å². The number of fused-ring (bicyclic) bond motifs is 1. The van der Waals surface area contributed by atoms with Crippen LogP contribution in [0, 0.1) is 0 Å². The van der Waals surface area contributed by atoms with Crippen LogP contribution in [0.2, 0.25) is 15.1 Å². The van der Waals surface area contributed by atoms with E-state index in [1.165, 1.54) is 0 Å². The van der Waals surface area contributed by atoms with Gasteiger partial charge in [0, 0.05) is 18.8 Å². The van der Waals surface area contributed by atoms with Gasteiger partial charge in [0.05, 0.1) is 21.8 Å². The van der Waals surface area contributed by atoms with E-state index in [9.17, 15) is 4.79 Å². The van der Waals surface area contributed by atoms with Gasteiger partial charge < -0.3 is 10.2 Å². The Balaban J connectivity index is 1.82. The number of rotatable bonds is 2. The quantitative estimate of drug-likeness (QED) is 0.669. The van der Waals surface area contributed by atoms with E-state index < -0.39 is 6.04 Å². The molecule has 1 fully saturated rings. The lowest BCUT2D eigenvalue weighted by Gasteiger charge is -2.33. The molecule has 28 heavy (non-hydrogen) atoms. The molecule has 0 spiro atoms. The Morgan fingerprint density at radius 1 is 1.07 bits per heavy atom. The molecular formula is C20H21Cl3N4O. The molecule has 2 aliphatic rings. The van der Waals surface area contributed by atoms with Gasteiger partial charge in [0.1, 0.15) is 16.9 Å². The second kappa shape index (κ2) is 7.97. The number of likely N-dealkylation sites (tertiary alicyclic amines) is 1. The average Bonchev–Trinajstić information content (AvgIpc) is 2.88. The minimum atomic E-state index is -0.422. The standard InChI is InChI=1S/C20H21Cl3N4O/c1-12-17(20(28)26-8-4-2-3-5-9-26)18(13-6-7-14(21)15(22)10-13)27-19(25-12)16(23)11-24-27/h6-7,10-11,18,25H,2-5,8-9H2,1H3. The van der Waals surface area contributed by atoms with E-state index in [4.69, 9.17) is 34.8 Å². The van der Waals surface area contributed by atoms with Crippen molar-refractivity contribution in [2.75, 3.05) is 18.4 Å². The van der Waals surface area contributed by atoms with Gasteiger partial charge in [-0.05, 0) is 37.5 Å². The van der Waals surface area contributed by atoms with Gasteiger partial charge >= 0.3 is 0 Å². The molecular weight excluding hydrogens is 419 g/mol. The van der Waals surface area contributed by atoms with Gasteiger partial charge in [-0.3, -0.25) is 4.79 Å². The van der Waals surface area contributed by atoms with Crippen LogP contribution in [0.1, 0.15) is 44.2 Å². The van der Waals surface area contributed by atoms with E-state index >= 15 is 0 Å². The summed E-state index contributed by atoms with van der Waals surface area (Å²) in [5.41, 5.74) is 2.28. The zero-order valence-electron chi connectivity index (χ0n) is 15.5. The molecule has 0 saturated carbocycles. The number of carbonyl (C=O) groups is 1. The Kier molecular flexibility index (Phi) is 5.59. The van der Waals surface area contributed by atoms with Gasteiger partial charge in [0.2, 0.25) is 0 Å². The van der Waals surface area contributed by atoms with E-state index in [1.807, 2.05) is 17.9 Å². The van der Waals surface area contributed by atoms with Crippen LogP contribution < -0.4 is 5.32 Å². The number of amides is 1. The highest BCUT2D eigenvalue weighted by molar-refractivity contribution is 6.42. The molecule has 2 aromatic rings. The number of nitrogens with one attached hydrogen (secondary N) is 1. The lowest BCUT2D eigenvalue weighted by Crippen LogP contribution is -2.38. The van der Waals surface area contributed by atoms with Crippen LogP contribution in [0.3, 0.4) is 0 Å². The molecule has 4 rings (SSSR count). The summed E-state index contributed by atoms with van der Waals surface area (Å²) in [5, 5.41) is 9.12. The molecule has 0 bridgehead atoms. The van der Waals surface area contributed by atoms with E-state index in [2.05, 4.69) is 10.4 Å². The SMILES string of the molecule is CC1=C(C(=O)N2CCCCCC2)C(c2ccc(Cl)c(Cl)c2)n2ncc(Cl)c2N1. The third-order valence-corrected chi connectivity index (χ3v) is 6.38. The van der Waals surface area contributed by atoms with E-state index in [0.29, 0.717) is 26.5 Å². The Hall–Kier alpha value is -1.69. The first kappa shape index (κ1) is 19.6. The summed E-state index contributed by atoms with van der Waals surface area (Å²) >= 11 is 18.7. The number of nitrogens with zero attached hydrogens (tertiary/aromatic N) is 3. The van der Waals surface area contributed by atoms with Crippen molar-refractivity contribution in [3.63, 3.8) is 0 Å². The van der Waals surface area contributed by atoms with Crippen LogP contribution in [0.5, 0.6) is 0 Å². The molecule has 5 nitrogen and oxygen atoms in total. The molecule has 1 aromatic carbocycles. The van der Waals surface area contributed by atoms with Gasteiger partial charge in [-0.25, -0.2) is 4.68 Å². The monoisotopic (exact) mass is 438 g/mol. The fraction of sp³-hybridized carbons (Fsp3) is 0.400. The summed E-state index contributed by atoms with van der Waals surface area (Å²) in [5.74, 6) is 0.697. The molecule has 1 aromatic heterocycles. The molecule has 1 N–H and O–H groups in total. The molecule has 0 radical (unpaired) electrons. The van der Waals surface area contributed by atoms with Gasteiger partial charge in [0.15, 0.2) is 0 Å². The number of carbonyl (C=O) groups excluding carboxylic acids is 1. The van der Waals surface area contributed by atoms with Gasteiger partial charge in [-0.1, -0.05) is 53.7 Å². The average molecular weight is 440 g/mol. The Labute approximate surface area is 179 Å². The topological polar surface area (TPSA) is 50.2 Å². The zero-order valence-corrected chi connectivity index (χ0v) is 17.8. The molecule has 1 unspecified atom stereocenters. The third kappa shape index (κ3) is 3.51. The summed E-state index contributed by atoms with van der Waals surface area (Å²) < 4.78 is 1.75. The van der Waals surface area contributed by atoms with Gasteiger partial charge in [0.25, 0.3) is 5.91 Å². The number of halogens is 3. The van der Waals surface area contributed by atoms with Crippen LogP contribution in [0.15, 0.2) is 35.7 Å². The highest BCUT2D eigenvalue weighted by Gasteiger charge is 2.36. The maximum atomic E-state index is 13.6. The predicted octanol–water partition coefficient (Wildman–Crippen LogP) is 5.53. The molecule has 0 aliphatic carbocycles.